The second-order valence-electron chi connectivity index (χ2n) is 5.59. The third kappa shape index (κ3) is 2.37. The zero-order valence-electron chi connectivity index (χ0n) is 11.7. The molecule has 1 aliphatic carbocycles. The molecule has 0 radical (unpaired) electrons. The maximum atomic E-state index is 11.3. The van der Waals surface area contributed by atoms with Crippen LogP contribution < -0.4 is 0 Å². The van der Waals surface area contributed by atoms with Crippen molar-refractivity contribution < 1.29 is 14.8 Å². The van der Waals surface area contributed by atoms with Crippen LogP contribution in [-0.2, 0) is 18.3 Å². The minimum absolute atomic E-state index is 0.0239. The third-order valence-electron chi connectivity index (χ3n) is 4.03. The molecule has 0 bridgehead atoms. The van der Waals surface area contributed by atoms with Gasteiger partial charge in [-0.25, -0.2) is 0 Å². The molecule has 1 fully saturated rings. The number of aromatic nitrogens is 1. The molecule has 1 N–H and O–H groups in total. The van der Waals surface area contributed by atoms with Gasteiger partial charge >= 0.3 is 5.97 Å². The Morgan fingerprint density at radius 2 is 2.19 bits per heavy atom. The zero-order chi connectivity index (χ0) is 15.1. The van der Waals surface area contributed by atoms with Gasteiger partial charge in [-0.2, -0.15) is 0 Å². The molecule has 1 aromatic carbocycles. The molecular formula is C15H16N2O4. The van der Waals surface area contributed by atoms with Gasteiger partial charge in [0.25, 0.3) is 5.69 Å². The Morgan fingerprint density at radius 1 is 1.48 bits per heavy atom. The van der Waals surface area contributed by atoms with E-state index in [1.807, 2.05) is 23.9 Å². The highest BCUT2D eigenvalue weighted by molar-refractivity contribution is 5.95. The van der Waals surface area contributed by atoms with Crippen LogP contribution in [0.5, 0.6) is 0 Å². The first-order chi connectivity index (χ1) is 9.99. The van der Waals surface area contributed by atoms with Crippen LogP contribution in [-0.4, -0.2) is 20.6 Å². The molecule has 0 unspecified atom stereocenters. The van der Waals surface area contributed by atoms with Gasteiger partial charge in [-0.1, -0.05) is 0 Å². The van der Waals surface area contributed by atoms with Crippen LogP contribution in [0.25, 0.3) is 10.9 Å². The van der Waals surface area contributed by atoms with E-state index >= 15 is 0 Å². The summed E-state index contributed by atoms with van der Waals surface area (Å²) in [6.07, 6.45) is 4.34. The van der Waals surface area contributed by atoms with Crippen molar-refractivity contribution in [3.8, 4) is 0 Å². The van der Waals surface area contributed by atoms with Gasteiger partial charge in [-0.05, 0) is 42.4 Å². The number of aliphatic carboxylic acids is 1. The molecule has 2 aromatic rings. The Labute approximate surface area is 121 Å². The fraction of sp³-hybridized carbons (Fsp3) is 0.400. The average molecular weight is 288 g/mol. The normalized spacial score (nSPS) is 14.5. The third-order valence-corrected chi connectivity index (χ3v) is 4.03. The Balaban J connectivity index is 2.21. The molecule has 6 nitrogen and oxygen atoms in total. The number of hydrogen-bond donors (Lipinski definition) is 1. The molecule has 6 heteroatoms. The second kappa shape index (κ2) is 4.87. The molecule has 110 valence electrons. The molecule has 1 saturated carbocycles. The number of fused-ring (bicyclic) bond motifs is 1. The Hall–Kier alpha value is -2.37. The van der Waals surface area contributed by atoms with Gasteiger partial charge in [0.2, 0.25) is 0 Å². The van der Waals surface area contributed by atoms with Gasteiger partial charge in [0.15, 0.2) is 0 Å². The van der Waals surface area contributed by atoms with E-state index in [0.717, 1.165) is 29.5 Å². The molecule has 1 aromatic heterocycles. The van der Waals surface area contributed by atoms with Gasteiger partial charge in [-0.3, -0.25) is 14.9 Å². The smallest absolute Gasteiger partial charge is 0.303 e. The van der Waals surface area contributed by atoms with E-state index in [9.17, 15) is 14.9 Å². The summed E-state index contributed by atoms with van der Waals surface area (Å²) >= 11 is 0. The molecular weight excluding hydrogens is 272 g/mol. The van der Waals surface area contributed by atoms with Crippen LogP contribution in [0, 0.1) is 10.1 Å². The van der Waals surface area contributed by atoms with Crippen molar-refractivity contribution in [1.82, 2.24) is 4.57 Å². The number of benzene rings is 1. The lowest BCUT2D eigenvalue weighted by Crippen LogP contribution is -1.98. The lowest BCUT2D eigenvalue weighted by Gasteiger charge is -2.05. The fourth-order valence-electron chi connectivity index (χ4n) is 2.96. The van der Waals surface area contributed by atoms with Gasteiger partial charge in [0.1, 0.15) is 0 Å². The predicted molar refractivity (Wildman–Crippen MR) is 77.5 cm³/mol. The van der Waals surface area contributed by atoms with E-state index in [2.05, 4.69) is 0 Å². The second-order valence-corrected chi connectivity index (χ2v) is 5.59. The summed E-state index contributed by atoms with van der Waals surface area (Å²) in [4.78, 5) is 21.7. The number of hydrogen-bond acceptors (Lipinski definition) is 3. The monoisotopic (exact) mass is 288 g/mol. The molecule has 0 amide bonds. The van der Waals surface area contributed by atoms with E-state index in [-0.39, 0.29) is 17.0 Å². The number of non-ortho nitro benzene ring substituents is 1. The lowest BCUT2D eigenvalue weighted by molar-refractivity contribution is -0.383. The summed E-state index contributed by atoms with van der Waals surface area (Å²) in [5.41, 5.74) is 2.83. The predicted octanol–water partition coefficient (Wildman–Crippen LogP) is 2.98. The van der Waals surface area contributed by atoms with Crippen LogP contribution in [0.15, 0.2) is 18.3 Å². The number of carbonyl (C=O) groups is 1. The van der Waals surface area contributed by atoms with Crippen molar-refractivity contribution in [2.24, 2.45) is 7.05 Å². The highest BCUT2D eigenvalue weighted by Crippen LogP contribution is 2.45. The molecule has 0 atom stereocenters. The van der Waals surface area contributed by atoms with Crippen LogP contribution >= 0.6 is 0 Å². The molecule has 1 heterocycles. The lowest BCUT2D eigenvalue weighted by atomic mass is 10.0. The number of nitro benzene ring substituents is 1. The van der Waals surface area contributed by atoms with Gasteiger partial charge in [-0.15, -0.1) is 0 Å². The summed E-state index contributed by atoms with van der Waals surface area (Å²) in [5, 5.41) is 20.7. The van der Waals surface area contributed by atoms with Crippen molar-refractivity contribution in [2.45, 2.75) is 31.6 Å². The van der Waals surface area contributed by atoms with E-state index < -0.39 is 5.97 Å². The number of carboxylic acids is 1. The summed E-state index contributed by atoms with van der Waals surface area (Å²) in [7, 11) is 1.86. The number of rotatable bonds is 5. The molecule has 0 aliphatic heterocycles. The number of carboxylic acid groups (broad SMARTS) is 1. The maximum absolute atomic E-state index is 11.3. The first kappa shape index (κ1) is 13.6. The minimum Gasteiger partial charge on any atom is -0.481 e. The highest BCUT2D eigenvalue weighted by atomic mass is 16.6. The zero-order valence-corrected chi connectivity index (χ0v) is 11.7. The van der Waals surface area contributed by atoms with Crippen molar-refractivity contribution in [3.63, 3.8) is 0 Å². The average Bonchev–Trinajstić information content (AvgIpc) is 3.21. The van der Waals surface area contributed by atoms with Crippen molar-refractivity contribution >= 4 is 22.6 Å². The van der Waals surface area contributed by atoms with E-state index in [0.29, 0.717) is 17.7 Å². The first-order valence-electron chi connectivity index (χ1n) is 6.96. The first-order valence-corrected chi connectivity index (χ1v) is 6.96. The maximum Gasteiger partial charge on any atom is 0.303 e. The van der Waals surface area contributed by atoms with Crippen LogP contribution in [0.3, 0.4) is 0 Å². The molecule has 1 aliphatic rings. The van der Waals surface area contributed by atoms with E-state index in [1.54, 1.807) is 6.07 Å². The van der Waals surface area contributed by atoms with Gasteiger partial charge < -0.3 is 9.67 Å². The quantitative estimate of drug-likeness (QED) is 0.677. The highest BCUT2D eigenvalue weighted by Gasteiger charge is 2.30. The van der Waals surface area contributed by atoms with Crippen molar-refractivity contribution in [2.75, 3.05) is 0 Å². The van der Waals surface area contributed by atoms with Crippen LogP contribution in [0.4, 0.5) is 5.69 Å². The fourth-order valence-corrected chi connectivity index (χ4v) is 2.96. The summed E-state index contributed by atoms with van der Waals surface area (Å²) < 4.78 is 1.90. The van der Waals surface area contributed by atoms with Crippen molar-refractivity contribution in [1.29, 1.82) is 0 Å². The van der Waals surface area contributed by atoms with E-state index in [1.165, 1.54) is 0 Å². The summed E-state index contributed by atoms with van der Waals surface area (Å²) in [6, 6.07) is 3.40. The number of nitrogens with zero attached hydrogens (tertiary/aromatic N) is 2. The Kier molecular flexibility index (Phi) is 3.16. The summed E-state index contributed by atoms with van der Waals surface area (Å²) in [5.74, 6) is -0.415. The molecule has 0 spiro atoms. The van der Waals surface area contributed by atoms with Gasteiger partial charge in [0.05, 0.1) is 15.8 Å². The van der Waals surface area contributed by atoms with E-state index in [4.69, 9.17) is 5.11 Å². The number of nitro groups is 1. The largest absolute Gasteiger partial charge is 0.481 e. The van der Waals surface area contributed by atoms with Gasteiger partial charge in [0, 0.05) is 25.7 Å². The topological polar surface area (TPSA) is 85.4 Å². The number of aryl methyl sites for hydroxylation is 2. The Bertz CT molecular complexity index is 744. The Morgan fingerprint density at radius 3 is 2.76 bits per heavy atom. The molecule has 3 rings (SSSR count). The van der Waals surface area contributed by atoms with Crippen LogP contribution in [0.1, 0.15) is 36.3 Å². The minimum atomic E-state index is -0.895. The molecule has 0 saturated heterocycles. The standard InChI is InChI=1S/C15H16N2O4/c1-16-8-10(4-7-13(18)19)14-12(17(20)21)6-5-11(15(14)16)9-2-3-9/h5-6,8-9H,2-4,7H2,1H3,(H,18,19). The van der Waals surface area contributed by atoms with Crippen LogP contribution in [0.2, 0.25) is 0 Å². The van der Waals surface area contributed by atoms with Crippen molar-refractivity contribution in [3.05, 3.63) is 39.6 Å². The SMILES string of the molecule is Cn1cc(CCC(=O)O)c2c([N+](=O)[O-])ccc(C3CC3)c21. The summed E-state index contributed by atoms with van der Waals surface area (Å²) in [6.45, 7) is 0. The molecule has 21 heavy (non-hydrogen) atoms.